The SMILES string of the molecule is Clc1ccccc1Nc1nncc(Nc2ccc(Oc3ccccc3)cc2)n1. The van der Waals surface area contributed by atoms with Gasteiger partial charge in [0, 0.05) is 5.69 Å². The van der Waals surface area contributed by atoms with Gasteiger partial charge in [0.25, 0.3) is 0 Å². The number of rotatable bonds is 6. The van der Waals surface area contributed by atoms with Gasteiger partial charge in [0.1, 0.15) is 11.5 Å². The zero-order chi connectivity index (χ0) is 19.2. The van der Waals surface area contributed by atoms with Crippen molar-refractivity contribution in [2.24, 2.45) is 0 Å². The Morgan fingerprint density at radius 2 is 1.46 bits per heavy atom. The summed E-state index contributed by atoms with van der Waals surface area (Å²) in [6.45, 7) is 0. The summed E-state index contributed by atoms with van der Waals surface area (Å²) in [5.41, 5.74) is 1.56. The number of anilines is 4. The molecule has 0 aliphatic rings. The Bertz CT molecular complexity index is 1060. The third kappa shape index (κ3) is 4.55. The lowest BCUT2D eigenvalue weighted by Crippen LogP contribution is -2.02. The monoisotopic (exact) mass is 389 g/mol. The predicted octanol–water partition coefficient (Wildman–Crippen LogP) is 5.80. The summed E-state index contributed by atoms with van der Waals surface area (Å²) in [6.07, 6.45) is 1.55. The van der Waals surface area contributed by atoms with Gasteiger partial charge in [-0.2, -0.15) is 10.1 Å². The number of halogens is 1. The maximum absolute atomic E-state index is 6.15. The zero-order valence-electron chi connectivity index (χ0n) is 14.7. The van der Waals surface area contributed by atoms with E-state index in [1.54, 1.807) is 12.3 Å². The van der Waals surface area contributed by atoms with Crippen molar-refractivity contribution in [1.29, 1.82) is 0 Å². The van der Waals surface area contributed by atoms with Crippen LogP contribution in [0.1, 0.15) is 0 Å². The maximum atomic E-state index is 6.15. The Morgan fingerprint density at radius 3 is 2.25 bits per heavy atom. The summed E-state index contributed by atoms with van der Waals surface area (Å²) >= 11 is 6.15. The van der Waals surface area contributed by atoms with Crippen molar-refractivity contribution in [3.63, 3.8) is 0 Å². The number of benzene rings is 3. The molecular formula is C21H16ClN5O. The zero-order valence-corrected chi connectivity index (χ0v) is 15.5. The molecular weight excluding hydrogens is 374 g/mol. The Labute approximate surface area is 167 Å². The quantitative estimate of drug-likeness (QED) is 0.434. The summed E-state index contributed by atoms with van der Waals surface area (Å²) in [5.74, 6) is 2.44. The van der Waals surface area contributed by atoms with Crippen LogP contribution in [0, 0.1) is 0 Å². The van der Waals surface area contributed by atoms with Gasteiger partial charge in [0.15, 0.2) is 5.82 Å². The third-order valence-corrected chi connectivity index (χ3v) is 4.11. The molecule has 0 amide bonds. The van der Waals surface area contributed by atoms with E-state index in [1.165, 1.54) is 0 Å². The largest absolute Gasteiger partial charge is 0.457 e. The molecule has 3 aromatic carbocycles. The highest BCUT2D eigenvalue weighted by Gasteiger charge is 2.05. The molecule has 0 bridgehead atoms. The number of ether oxygens (including phenoxy) is 1. The van der Waals surface area contributed by atoms with Gasteiger partial charge in [-0.1, -0.05) is 41.9 Å². The van der Waals surface area contributed by atoms with E-state index in [2.05, 4.69) is 25.8 Å². The van der Waals surface area contributed by atoms with Gasteiger partial charge in [-0.25, -0.2) is 0 Å². The summed E-state index contributed by atoms with van der Waals surface area (Å²) in [4.78, 5) is 4.41. The van der Waals surface area contributed by atoms with Gasteiger partial charge >= 0.3 is 0 Å². The van der Waals surface area contributed by atoms with Gasteiger partial charge in [-0.05, 0) is 48.5 Å². The minimum Gasteiger partial charge on any atom is -0.457 e. The van der Waals surface area contributed by atoms with Gasteiger partial charge in [0.05, 0.1) is 16.9 Å². The number of hydrogen-bond donors (Lipinski definition) is 2. The summed E-state index contributed by atoms with van der Waals surface area (Å²) in [6, 6.07) is 24.6. The molecule has 2 N–H and O–H groups in total. The van der Waals surface area contributed by atoms with Crippen molar-refractivity contribution in [1.82, 2.24) is 15.2 Å². The van der Waals surface area contributed by atoms with Crippen LogP contribution >= 0.6 is 11.6 Å². The van der Waals surface area contributed by atoms with E-state index < -0.39 is 0 Å². The van der Waals surface area contributed by atoms with Gasteiger partial charge in [-0.3, -0.25) is 0 Å². The molecule has 0 spiro atoms. The first-order valence-electron chi connectivity index (χ1n) is 8.57. The van der Waals surface area contributed by atoms with E-state index in [4.69, 9.17) is 16.3 Å². The third-order valence-electron chi connectivity index (χ3n) is 3.78. The molecule has 0 aliphatic heterocycles. The van der Waals surface area contributed by atoms with Crippen molar-refractivity contribution >= 4 is 34.7 Å². The number of aromatic nitrogens is 3. The highest BCUT2D eigenvalue weighted by atomic mass is 35.5. The van der Waals surface area contributed by atoms with Crippen LogP contribution in [0.25, 0.3) is 0 Å². The van der Waals surface area contributed by atoms with Crippen LogP contribution in [0.3, 0.4) is 0 Å². The second-order valence-corrected chi connectivity index (χ2v) is 6.24. The molecule has 4 aromatic rings. The Hall–Kier alpha value is -3.64. The van der Waals surface area contributed by atoms with Crippen LogP contribution in [0.4, 0.5) is 23.1 Å². The molecule has 0 unspecified atom stereocenters. The summed E-state index contributed by atoms with van der Waals surface area (Å²) in [7, 11) is 0. The number of para-hydroxylation sites is 2. The van der Waals surface area contributed by atoms with E-state index >= 15 is 0 Å². The highest BCUT2D eigenvalue weighted by Crippen LogP contribution is 2.25. The minimum atomic E-state index is 0.349. The Morgan fingerprint density at radius 1 is 0.750 bits per heavy atom. The highest BCUT2D eigenvalue weighted by molar-refractivity contribution is 6.33. The minimum absolute atomic E-state index is 0.349. The lowest BCUT2D eigenvalue weighted by molar-refractivity contribution is 0.483. The fraction of sp³-hybridized carbons (Fsp3) is 0. The molecule has 0 atom stereocenters. The molecule has 4 rings (SSSR count). The van der Waals surface area contributed by atoms with E-state index in [0.29, 0.717) is 22.5 Å². The van der Waals surface area contributed by atoms with Crippen molar-refractivity contribution < 1.29 is 4.74 Å². The second kappa shape index (κ2) is 8.37. The lowest BCUT2D eigenvalue weighted by Gasteiger charge is -2.09. The molecule has 0 aliphatic carbocycles. The van der Waals surface area contributed by atoms with Gasteiger partial charge in [0.2, 0.25) is 5.95 Å². The summed E-state index contributed by atoms with van der Waals surface area (Å²) in [5, 5.41) is 14.8. The van der Waals surface area contributed by atoms with Crippen LogP contribution in [0.2, 0.25) is 5.02 Å². The molecule has 0 radical (unpaired) electrons. The smallest absolute Gasteiger partial charge is 0.249 e. The first-order chi connectivity index (χ1) is 13.8. The molecule has 7 heteroatoms. The predicted molar refractivity (Wildman–Crippen MR) is 111 cm³/mol. The molecule has 0 fully saturated rings. The molecule has 138 valence electrons. The van der Waals surface area contributed by atoms with Crippen molar-refractivity contribution in [2.75, 3.05) is 10.6 Å². The van der Waals surface area contributed by atoms with Crippen LogP contribution in [-0.2, 0) is 0 Å². The molecule has 28 heavy (non-hydrogen) atoms. The Kier molecular flexibility index (Phi) is 5.31. The van der Waals surface area contributed by atoms with E-state index in [0.717, 1.165) is 17.2 Å². The van der Waals surface area contributed by atoms with Crippen LogP contribution in [0.5, 0.6) is 11.5 Å². The molecule has 0 saturated carbocycles. The second-order valence-electron chi connectivity index (χ2n) is 5.83. The first-order valence-corrected chi connectivity index (χ1v) is 8.95. The van der Waals surface area contributed by atoms with Crippen molar-refractivity contribution in [3.8, 4) is 11.5 Å². The van der Waals surface area contributed by atoms with Gasteiger partial charge < -0.3 is 15.4 Å². The van der Waals surface area contributed by atoms with Crippen LogP contribution < -0.4 is 15.4 Å². The van der Waals surface area contributed by atoms with E-state index in [1.807, 2.05) is 72.8 Å². The fourth-order valence-corrected chi connectivity index (χ4v) is 2.66. The average molecular weight is 390 g/mol. The maximum Gasteiger partial charge on any atom is 0.249 e. The normalized spacial score (nSPS) is 10.3. The molecule has 6 nitrogen and oxygen atoms in total. The number of nitrogens with one attached hydrogen (secondary N) is 2. The number of hydrogen-bond acceptors (Lipinski definition) is 6. The van der Waals surface area contributed by atoms with Crippen molar-refractivity contribution in [3.05, 3.63) is 90.1 Å². The Balaban J connectivity index is 1.43. The van der Waals surface area contributed by atoms with Crippen LogP contribution in [-0.4, -0.2) is 15.2 Å². The van der Waals surface area contributed by atoms with E-state index in [9.17, 15) is 0 Å². The number of nitrogens with zero attached hydrogens (tertiary/aromatic N) is 3. The van der Waals surface area contributed by atoms with E-state index in [-0.39, 0.29) is 0 Å². The molecule has 1 aromatic heterocycles. The summed E-state index contributed by atoms with van der Waals surface area (Å²) < 4.78 is 5.79. The lowest BCUT2D eigenvalue weighted by atomic mass is 10.3. The standard InChI is InChI=1S/C21H16ClN5O/c22-18-8-4-5-9-19(18)25-21-26-20(14-23-27-21)24-15-10-12-17(13-11-15)28-16-6-2-1-3-7-16/h1-14H,(H2,24,25,26,27). The topological polar surface area (TPSA) is 72.0 Å². The molecule has 0 saturated heterocycles. The average Bonchev–Trinajstić information content (AvgIpc) is 2.72. The van der Waals surface area contributed by atoms with Gasteiger partial charge in [-0.15, -0.1) is 5.10 Å². The van der Waals surface area contributed by atoms with Crippen LogP contribution in [0.15, 0.2) is 85.1 Å². The molecule has 1 heterocycles. The first kappa shape index (κ1) is 17.8. The van der Waals surface area contributed by atoms with Crippen molar-refractivity contribution in [2.45, 2.75) is 0 Å². The fourth-order valence-electron chi connectivity index (χ4n) is 2.48.